The van der Waals surface area contributed by atoms with E-state index in [4.69, 9.17) is 20.9 Å². The number of carbonyl (C=O) groups excluding carboxylic acids is 1. The summed E-state index contributed by atoms with van der Waals surface area (Å²) >= 11 is 5.84. The minimum Gasteiger partial charge on any atom is -0.491 e. The lowest BCUT2D eigenvalue weighted by Gasteiger charge is -2.14. The molecule has 0 fully saturated rings. The molecule has 0 radical (unpaired) electrons. The molecule has 1 aromatic heterocycles. The largest absolute Gasteiger partial charge is 0.491 e. The predicted molar refractivity (Wildman–Crippen MR) is 109 cm³/mol. The van der Waals surface area contributed by atoms with E-state index in [1.165, 1.54) is 0 Å². The van der Waals surface area contributed by atoms with E-state index in [1.54, 1.807) is 24.3 Å². The van der Waals surface area contributed by atoms with Gasteiger partial charge in [-0.2, -0.15) is 18.2 Å². The van der Waals surface area contributed by atoms with Gasteiger partial charge >= 0.3 is 6.18 Å². The first-order valence-corrected chi connectivity index (χ1v) is 9.92. The van der Waals surface area contributed by atoms with Crippen molar-refractivity contribution < 1.29 is 32.3 Å². The highest BCUT2D eigenvalue weighted by Gasteiger charge is 2.30. The van der Waals surface area contributed by atoms with E-state index in [2.05, 4.69) is 15.5 Å². The number of nitrogens with one attached hydrogen (secondary N) is 1. The molecule has 3 rings (SSSR count). The third kappa shape index (κ3) is 6.96. The van der Waals surface area contributed by atoms with Gasteiger partial charge in [-0.25, -0.2) is 0 Å². The van der Waals surface area contributed by atoms with Crippen LogP contribution in [0.2, 0.25) is 5.02 Å². The molecule has 0 bridgehead atoms. The van der Waals surface area contributed by atoms with E-state index in [1.807, 2.05) is 0 Å². The molecule has 1 amide bonds. The Morgan fingerprint density at radius 1 is 1.16 bits per heavy atom. The first kappa shape index (κ1) is 23.6. The van der Waals surface area contributed by atoms with Gasteiger partial charge in [-0.3, -0.25) is 4.79 Å². The molecule has 0 spiro atoms. The van der Waals surface area contributed by atoms with Crippen LogP contribution in [0.25, 0.3) is 11.4 Å². The van der Waals surface area contributed by atoms with E-state index in [0.29, 0.717) is 10.8 Å². The Kier molecular flexibility index (Phi) is 7.70. The van der Waals surface area contributed by atoms with Crippen LogP contribution in [0.3, 0.4) is 0 Å². The SMILES string of the molecule is O=C(CCc1nc(-c2ccc(Cl)cc2)no1)NCC(O)COc1ccc(C(F)(F)F)cc1. The smallest absolute Gasteiger partial charge is 0.416 e. The van der Waals surface area contributed by atoms with Gasteiger partial charge in [0, 0.05) is 30.0 Å². The summed E-state index contributed by atoms with van der Waals surface area (Å²) in [4.78, 5) is 16.2. The number of aliphatic hydroxyl groups excluding tert-OH is 1. The number of aromatic nitrogens is 2. The zero-order valence-corrected chi connectivity index (χ0v) is 17.4. The van der Waals surface area contributed by atoms with Crippen molar-refractivity contribution in [2.24, 2.45) is 0 Å². The Morgan fingerprint density at radius 2 is 1.84 bits per heavy atom. The van der Waals surface area contributed by atoms with Crippen LogP contribution in [-0.4, -0.2) is 40.4 Å². The first-order chi connectivity index (χ1) is 15.2. The molecule has 0 saturated carbocycles. The maximum atomic E-state index is 12.5. The lowest BCUT2D eigenvalue weighted by Crippen LogP contribution is -2.35. The van der Waals surface area contributed by atoms with Gasteiger partial charge in [-0.1, -0.05) is 16.8 Å². The van der Waals surface area contributed by atoms with E-state index >= 15 is 0 Å². The Labute approximate surface area is 186 Å². The molecular formula is C21H19ClF3N3O4. The summed E-state index contributed by atoms with van der Waals surface area (Å²) in [7, 11) is 0. The number of hydrogen-bond acceptors (Lipinski definition) is 6. The zero-order valence-electron chi connectivity index (χ0n) is 16.6. The fraction of sp³-hybridized carbons (Fsp3) is 0.286. The Morgan fingerprint density at radius 3 is 2.50 bits per heavy atom. The van der Waals surface area contributed by atoms with E-state index in [-0.39, 0.29) is 43.5 Å². The zero-order chi connectivity index (χ0) is 23.1. The molecule has 3 aromatic rings. The number of alkyl halides is 3. The van der Waals surface area contributed by atoms with Crippen LogP contribution >= 0.6 is 11.6 Å². The monoisotopic (exact) mass is 469 g/mol. The maximum Gasteiger partial charge on any atom is 0.416 e. The number of hydrogen-bond donors (Lipinski definition) is 2. The number of nitrogens with zero attached hydrogens (tertiary/aromatic N) is 2. The van der Waals surface area contributed by atoms with Gasteiger partial charge in [0.25, 0.3) is 0 Å². The van der Waals surface area contributed by atoms with E-state index < -0.39 is 17.8 Å². The van der Waals surface area contributed by atoms with Crippen LogP contribution in [0, 0.1) is 0 Å². The van der Waals surface area contributed by atoms with Crippen molar-refractivity contribution in [1.29, 1.82) is 0 Å². The lowest BCUT2D eigenvalue weighted by molar-refractivity contribution is -0.137. The van der Waals surface area contributed by atoms with Crippen molar-refractivity contribution in [2.45, 2.75) is 25.1 Å². The molecule has 1 heterocycles. The summed E-state index contributed by atoms with van der Waals surface area (Å²) in [5.74, 6) is 0.505. The Bertz CT molecular complexity index is 1020. The number of carbonyl (C=O) groups is 1. The van der Waals surface area contributed by atoms with Gasteiger partial charge in [0.2, 0.25) is 17.6 Å². The van der Waals surface area contributed by atoms with Crippen LogP contribution in [0.5, 0.6) is 5.75 Å². The standard InChI is InChI=1S/C21H19ClF3N3O4/c22-15-5-1-13(2-6-15)20-27-19(32-28-20)10-9-18(30)26-11-16(29)12-31-17-7-3-14(4-8-17)21(23,24)25/h1-8,16,29H,9-12H2,(H,26,30). The van der Waals surface area contributed by atoms with Crippen molar-refractivity contribution in [3.63, 3.8) is 0 Å². The molecule has 2 aromatic carbocycles. The van der Waals surface area contributed by atoms with Crippen molar-refractivity contribution in [1.82, 2.24) is 15.5 Å². The second-order valence-corrected chi connectivity index (χ2v) is 7.25. The van der Waals surface area contributed by atoms with Gasteiger partial charge in [0.15, 0.2) is 0 Å². The lowest BCUT2D eigenvalue weighted by atomic mass is 10.2. The highest BCUT2D eigenvalue weighted by molar-refractivity contribution is 6.30. The average molecular weight is 470 g/mol. The number of halogens is 4. The summed E-state index contributed by atoms with van der Waals surface area (Å²) in [6, 6.07) is 11.0. The summed E-state index contributed by atoms with van der Waals surface area (Å²) < 4.78 is 48.0. The number of benzene rings is 2. The molecule has 32 heavy (non-hydrogen) atoms. The van der Waals surface area contributed by atoms with Crippen molar-refractivity contribution in [3.05, 3.63) is 65.0 Å². The first-order valence-electron chi connectivity index (χ1n) is 9.54. The predicted octanol–water partition coefficient (Wildman–Crippen LogP) is 3.90. The quantitative estimate of drug-likeness (QED) is 0.493. The fourth-order valence-electron chi connectivity index (χ4n) is 2.60. The summed E-state index contributed by atoms with van der Waals surface area (Å²) in [6.07, 6.45) is -5.19. The molecule has 1 unspecified atom stereocenters. The Hall–Kier alpha value is -3.11. The number of aryl methyl sites for hydroxylation is 1. The van der Waals surface area contributed by atoms with Crippen LogP contribution < -0.4 is 10.1 Å². The molecule has 170 valence electrons. The minimum atomic E-state index is -4.43. The molecule has 1 atom stereocenters. The molecule has 11 heteroatoms. The molecule has 2 N–H and O–H groups in total. The van der Waals surface area contributed by atoms with E-state index in [9.17, 15) is 23.1 Å². The van der Waals surface area contributed by atoms with E-state index in [0.717, 1.165) is 29.8 Å². The topological polar surface area (TPSA) is 97.5 Å². The minimum absolute atomic E-state index is 0.0642. The third-order valence-electron chi connectivity index (χ3n) is 4.30. The van der Waals surface area contributed by atoms with Gasteiger partial charge < -0.3 is 19.7 Å². The number of ether oxygens (including phenoxy) is 1. The number of aliphatic hydroxyl groups is 1. The van der Waals surface area contributed by atoms with Gasteiger partial charge in [0.05, 0.1) is 5.56 Å². The average Bonchev–Trinajstić information content (AvgIpc) is 3.24. The summed E-state index contributed by atoms with van der Waals surface area (Å²) in [5, 5.41) is 16.9. The van der Waals surface area contributed by atoms with Crippen molar-refractivity contribution in [3.8, 4) is 17.1 Å². The van der Waals surface area contributed by atoms with Crippen LogP contribution in [0.4, 0.5) is 13.2 Å². The fourth-order valence-corrected chi connectivity index (χ4v) is 2.73. The van der Waals surface area contributed by atoms with Crippen LogP contribution in [0.1, 0.15) is 17.9 Å². The molecule has 7 nitrogen and oxygen atoms in total. The molecule has 0 aliphatic carbocycles. The van der Waals surface area contributed by atoms with Gasteiger partial charge in [-0.15, -0.1) is 0 Å². The van der Waals surface area contributed by atoms with Gasteiger partial charge in [0.1, 0.15) is 18.5 Å². The normalized spacial score (nSPS) is 12.4. The molecule has 0 aliphatic rings. The molecular weight excluding hydrogens is 451 g/mol. The third-order valence-corrected chi connectivity index (χ3v) is 4.55. The highest BCUT2D eigenvalue weighted by Crippen LogP contribution is 2.30. The Balaban J connectivity index is 1.37. The number of amides is 1. The maximum absolute atomic E-state index is 12.5. The molecule has 0 saturated heterocycles. The second kappa shape index (κ2) is 10.5. The summed E-state index contributed by atoms with van der Waals surface area (Å²) in [6.45, 7) is -0.279. The van der Waals surface area contributed by atoms with Crippen molar-refractivity contribution in [2.75, 3.05) is 13.2 Å². The molecule has 0 aliphatic heterocycles. The van der Waals surface area contributed by atoms with Crippen LogP contribution in [0.15, 0.2) is 53.1 Å². The van der Waals surface area contributed by atoms with Gasteiger partial charge in [-0.05, 0) is 48.5 Å². The van der Waals surface area contributed by atoms with Crippen molar-refractivity contribution >= 4 is 17.5 Å². The number of rotatable bonds is 9. The highest BCUT2D eigenvalue weighted by atomic mass is 35.5. The summed E-state index contributed by atoms with van der Waals surface area (Å²) in [5.41, 5.74) is -0.0655. The van der Waals surface area contributed by atoms with Crippen LogP contribution in [-0.2, 0) is 17.4 Å². The second-order valence-electron chi connectivity index (χ2n) is 6.81.